The predicted molar refractivity (Wildman–Crippen MR) is 92.3 cm³/mol. The molecule has 0 bridgehead atoms. The van der Waals surface area contributed by atoms with Crippen molar-refractivity contribution >= 4 is 15.7 Å². The highest BCUT2D eigenvalue weighted by Gasteiger charge is 2.35. The average Bonchev–Trinajstić information content (AvgIpc) is 3.11. The van der Waals surface area contributed by atoms with Crippen LogP contribution in [-0.2, 0) is 10.0 Å². The molecule has 0 amide bonds. The van der Waals surface area contributed by atoms with E-state index in [1.165, 1.54) is 6.42 Å². The molecule has 0 spiro atoms. The minimum Gasteiger partial charge on any atom is -0.237 e. The van der Waals surface area contributed by atoms with Gasteiger partial charge in [-0.1, -0.05) is 19.3 Å². The van der Waals surface area contributed by atoms with Gasteiger partial charge >= 0.3 is 0 Å². The van der Waals surface area contributed by atoms with Crippen LogP contribution in [0.25, 0.3) is 5.65 Å². The van der Waals surface area contributed by atoms with Crippen LogP contribution in [0.2, 0.25) is 0 Å². The van der Waals surface area contributed by atoms with Crippen molar-refractivity contribution < 1.29 is 8.42 Å². The zero-order valence-electron chi connectivity index (χ0n) is 13.8. The largest absolute Gasteiger partial charge is 0.237 e. The van der Waals surface area contributed by atoms with Crippen molar-refractivity contribution in [1.29, 1.82) is 0 Å². The molecule has 4 rings (SSSR count). The van der Waals surface area contributed by atoms with E-state index in [9.17, 15) is 8.42 Å². The Morgan fingerprint density at radius 3 is 2.46 bits per heavy atom. The lowest BCUT2D eigenvalue weighted by Gasteiger charge is -2.34. The number of nitrogens with zero attached hydrogens (tertiary/aromatic N) is 4. The molecular weight excluding hydrogens is 324 g/mol. The molecule has 0 N–H and O–H groups in total. The first-order chi connectivity index (χ1) is 11.7. The molecule has 0 radical (unpaired) electrons. The van der Waals surface area contributed by atoms with Crippen LogP contribution in [-0.4, -0.2) is 45.7 Å². The summed E-state index contributed by atoms with van der Waals surface area (Å²) in [5.41, 5.74) is 1.99. The Morgan fingerprint density at radius 1 is 0.958 bits per heavy atom. The number of rotatable bonds is 3. The normalized spacial score (nSPS) is 22.2. The van der Waals surface area contributed by atoms with Crippen molar-refractivity contribution in [2.75, 3.05) is 13.1 Å². The lowest BCUT2D eigenvalue weighted by atomic mass is 9.94. The highest BCUT2D eigenvalue weighted by atomic mass is 32.2. The third-order valence-corrected chi connectivity index (χ3v) is 7.92. The minimum absolute atomic E-state index is 0.151. The predicted octanol–water partition coefficient (Wildman–Crippen LogP) is 2.57. The van der Waals surface area contributed by atoms with Gasteiger partial charge in [0.2, 0.25) is 10.0 Å². The van der Waals surface area contributed by atoms with E-state index in [2.05, 4.69) is 10.1 Å². The topological polar surface area (TPSA) is 67.6 Å². The molecule has 1 aliphatic carbocycles. The van der Waals surface area contributed by atoms with Gasteiger partial charge in [-0.2, -0.15) is 5.10 Å². The smallest absolute Gasteiger partial charge is 0.216 e. The zero-order chi connectivity index (χ0) is 16.6. The molecule has 0 aromatic carbocycles. The molecule has 1 aliphatic heterocycles. The summed E-state index contributed by atoms with van der Waals surface area (Å²) in [4.78, 5) is 4.31. The second-order valence-corrected chi connectivity index (χ2v) is 9.16. The molecule has 2 aromatic rings. The Kier molecular flexibility index (Phi) is 4.30. The second kappa shape index (κ2) is 6.44. The van der Waals surface area contributed by atoms with E-state index in [4.69, 9.17) is 0 Å². The number of sulfonamides is 1. The van der Waals surface area contributed by atoms with Gasteiger partial charge in [-0.15, -0.1) is 0 Å². The van der Waals surface area contributed by atoms with Crippen LogP contribution in [0.15, 0.2) is 24.5 Å². The number of aromatic nitrogens is 3. The number of piperidine rings is 1. The van der Waals surface area contributed by atoms with E-state index in [0.717, 1.165) is 49.9 Å². The van der Waals surface area contributed by atoms with Gasteiger partial charge in [-0.05, 0) is 31.7 Å². The third kappa shape index (κ3) is 2.84. The van der Waals surface area contributed by atoms with Gasteiger partial charge < -0.3 is 0 Å². The average molecular weight is 348 g/mol. The Bertz CT molecular complexity index is 803. The fourth-order valence-electron chi connectivity index (χ4n) is 4.14. The number of hydrogen-bond acceptors (Lipinski definition) is 4. The lowest BCUT2D eigenvalue weighted by Crippen LogP contribution is -2.43. The summed E-state index contributed by atoms with van der Waals surface area (Å²) in [6.45, 7) is 1.24. The maximum absolute atomic E-state index is 12.9. The Morgan fingerprint density at radius 2 is 1.71 bits per heavy atom. The van der Waals surface area contributed by atoms with Crippen molar-refractivity contribution in [3.05, 3.63) is 30.2 Å². The maximum atomic E-state index is 12.9. The molecule has 6 nitrogen and oxygen atoms in total. The second-order valence-electron chi connectivity index (χ2n) is 6.95. The molecular formula is C17H24N4O2S. The van der Waals surface area contributed by atoms with E-state index in [1.807, 2.05) is 22.8 Å². The summed E-state index contributed by atoms with van der Waals surface area (Å²) < 4.78 is 29.3. The summed E-state index contributed by atoms with van der Waals surface area (Å²) in [6, 6.07) is 3.90. The molecule has 0 atom stereocenters. The van der Waals surface area contributed by atoms with Crippen molar-refractivity contribution in [1.82, 2.24) is 18.9 Å². The molecule has 0 unspecified atom stereocenters. The van der Waals surface area contributed by atoms with Crippen LogP contribution < -0.4 is 0 Å². The Balaban J connectivity index is 1.48. The first-order valence-electron chi connectivity index (χ1n) is 8.94. The quantitative estimate of drug-likeness (QED) is 0.855. The third-order valence-electron chi connectivity index (χ3n) is 5.52. The van der Waals surface area contributed by atoms with Crippen LogP contribution in [0, 0.1) is 0 Å². The summed E-state index contributed by atoms with van der Waals surface area (Å²) >= 11 is 0. The standard InChI is InChI=1S/C17H24N4O2S/c22-24(23,15-4-2-1-3-5-15)20-12-8-14(9-13-20)16-6-10-18-17-7-11-19-21(16)17/h6-7,10-11,14-15H,1-5,8-9,12-13H2. The van der Waals surface area contributed by atoms with Gasteiger partial charge in [-0.3, -0.25) is 0 Å². The monoisotopic (exact) mass is 348 g/mol. The van der Waals surface area contributed by atoms with Crippen LogP contribution in [0.4, 0.5) is 0 Å². The molecule has 24 heavy (non-hydrogen) atoms. The van der Waals surface area contributed by atoms with Gasteiger partial charge in [0.15, 0.2) is 5.65 Å². The fourth-order valence-corrected chi connectivity index (χ4v) is 6.21. The first-order valence-corrected chi connectivity index (χ1v) is 10.4. The molecule has 2 aromatic heterocycles. The van der Waals surface area contributed by atoms with Crippen LogP contribution in [0.3, 0.4) is 0 Å². The van der Waals surface area contributed by atoms with E-state index < -0.39 is 10.0 Å². The minimum atomic E-state index is -3.12. The first kappa shape index (κ1) is 16.0. The van der Waals surface area contributed by atoms with Gasteiger partial charge in [0.05, 0.1) is 11.4 Å². The summed E-state index contributed by atoms with van der Waals surface area (Å²) in [5, 5.41) is 4.21. The van der Waals surface area contributed by atoms with Crippen LogP contribution >= 0.6 is 0 Å². The van der Waals surface area contributed by atoms with Gasteiger partial charge in [-0.25, -0.2) is 22.2 Å². The molecule has 7 heteroatoms. The number of hydrogen-bond donors (Lipinski definition) is 0. The van der Waals surface area contributed by atoms with E-state index >= 15 is 0 Å². The summed E-state index contributed by atoms with van der Waals surface area (Å²) in [6.07, 6.45) is 10.2. The molecule has 1 saturated heterocycles. The highest BCUT2D eigenvalue weighted by Crippen LogP contribution is 2.32. The number of fused-ring (bicyclic) bond motifs is 1. The Labute approximate surface area is 142 Å². The molecule has 2 fully saturated rings. The van der Waals surface area contributed by atoms with E-state index in [1.54, 1.807) is 10.5 Å². The fraction of sp³-hybridized carbons (Fsp3) is 0.647. The van der Waals surface area contributed by atoms with Crippen LogP contribution in [0.5, 0.6) is 0 Å². The summed E-state index contributed by atoms with van der Waals surface area (Å²) in [5.74, 6) is 0.341. The van der Waals surface area contributed by atoms with E-state index in [0.29, 0.717) is 19.0 Å². The SMILES string of the molecule is O=S(=O)(C1CCCCC1)N1CCC(c2ccnc3ccnn23)CC1. The molecule has 3 heterocycles. The van der Waals surface area contributed by atoms with Gasteiger partial charge in [0, 0.05) is 37.0 Å². The summed E-state index contributed by atoms with van der Waals surface area (Å²) in [7, 11) is -3.12. The maximum Gasteiger partial charge on any atom is 0.216 e. The Hall–Kier alpha value is -1.47. The molecule has 2 aliphatic rings. The van der Waals surface area contributed by atoms with Crippen molar-refractivity contribution in [3.8, 4) is 0 Å². The lowest BCUT2D eigenvalue weighted by molar-refractivity contribution is 0.306. The van der Waals surface area contributed by atoms with Crippen molar-refractivity contribution in [2.24, 2.45) is 0 Å². The van der Waals surface area contributed by atoms with Crippen LogP contribution in [0.1, 0.15) is 56.6 Å². The van der Waals surface area contributed by atoms with Gasteiger partial charge in [0.1, 0.15) is 0 Å². The molecule has 130 valence electrons. The van der Waals surface area contributed by atoms with Crippen molar-refractivity contribution in [2.45, 2.75) is 56.1 Å². The van der Waals surface area contributed by atoms with Gasteiger partial charge in [0.25, 0.3) is 0 Å². The van der Waals surface area contributed by atoms with E-state index in [-0.39, 0.29) is 5.25 Å². The molecule has 1 saturated carbocycles. The highest BCUT2D eigenvalue weighted by molar-refractivity contribution is 7.89. The van der Waals surface area contributed by atoms with Crippen molar-refractivity contribution in [3.63, 3.8) is 0 Å². The zero-order valence-corrected chi connectivity index (χ0v) is 14.7.